The molecule has 108 valence electrons. The molecule has 0 amide bonds. The van der Waals surface area contributed by atoms with Crippen molar-refractivity contribution in [2.75, 3.05) is 0 Å². The van der Waals surface area contributed by atoms with Crippen LogP contribution in [0, 0.1) is 6.92 Å². The number of pyridine rings is 1. The van der Waals surface area contributed by atoms with Gasteiger partial charge in [0.05, 0.1) is 0 Å². The largest absolute Gasteiger partial charge is 0.271 e. The molecule has 0 radical (unpaired) electrons. The van der Waals surface area contributed by atoms with E-state index in [2.05, 4.69) is 58.3 Å². The molecule has 3 nitrogen and oxygen atoms in total. The van der Waals surface area contributed by atoms with Crippen molar-refractivity contribution in [1.82, 2.24) is 14.5 Å². The summed E-state index contributed by atoms with van der Waals surface area (Å²) in [7, 11) is 0. The number of hydrogen-bond acceptors (Lipinski definition) is 3. The Balaban J connectivity index is 1.88. The first-order valence-electron chi connectivity index (χ1n) is 7.23. The highest BCUT2D eigenvalue weighted by Gasteiger charge is 2.14. The van der Waals surface area contributed by atoms with Crippen molar-refractivity contribution in [3.8, 4) is 5.00 Å². The van der Waals surface area contributed by atoms with Gasteiger partial charge >= 0.3 is 0 Å². The van der Waals surface area contributed by atoms with Crippen molar-refractivity contribution in [2.45, 2.75) is 13.3 Å². The van der Waals surface area contributed by atoms with Crippen LogP contribution in [-0.4, -0.2) is 14.5 Å². The van der Waals surface area contributed by atoms with Crippen LogP contribution in [-0.2, 0) is 6.42 Å². The van der Waals surface area contributed by atoms with E-state index in [-0.39, 0.29) is 0 Å². The number of hydrogen-bond donors (Lipinski definition) is 0. The Kier molecular flexibility index (Phi) is 3.24. The summed E-state index contributed by atoms with van der Waals surface area (Å²) in [5.41, 5.74) is 4.41. The standard InChI is InChI=1S/C18H15N3S/c1-13-5-2-6-14(11-13)12-16-20-15-7-3-9-19-18(15)21(16)17-8-4-10-22-17/h2-11H,12H2,1H3. The van der Waals surface area contributed by atoms with Gasteiger partial charge in [-0.05, 0) is 42.1 Å². The van der Waals surface area contributed by atoms with Crippen LogP contribution in [0.2, 0.25) is 0 Å². The molecule has 22 heavy (non-hydrogen) atoms. The summed E-state index contributed by atoms with van der Waals surface area (Å²) >= 11 is 1.71. The van der Waals surface area contributed by atoms with Crippen molar-refractivity contribution in [2.24, 2.45) is 0 Å². The Labute approximate surface area is 132 Å². The molecule has 1 aromatic carbocycles. The third-order valence-electron chi connectivity index (χ3n) is 3.66. The number of benzene rings is 1. The molecule has 0 atom stereocenters. The lowest BCUT2D eigenvalue weighted by atomic mass is 10.1. The Hall–Kier alpha value is -2.46. The fourth-order valence-electron chi connectivity index (χ4n) is 2.71. The van der Waals surface area contributed by atoms with Gasteiger partial charge < -0.3 is 0 Å². The molecular formula is C18H15N3S. The van der Waals surface area contributed by atoms with Gasteiger partial charge in [-0.25, -0.2) is 9.97 Å². The van der Waals surface area contributed by atoms with E-state index >= 15 is 0 Å². The highest BCUT2D eigenvalue weighted by molar-refractivity contribution is 7.12. The second kappa shape index (κ2) is 5.39. The first-order valence-corrected chi connectivity index (χ1v) is 8.11. The summed E-state index contributed by atoms with van der Waals surface area (Å²) in [6.45, 7) is 2.12. The average Bonchev–Trinajstić information content (AvgIpc) is 3.13. The lowest BCUT2D eigenvalue weighted by Gasteiger charge is -2.06. The third-order valence-corrected chi connectivity index (χ3v) is 4.51. The van der Waals surface area contributed by atoms with Crippen LogP contribution < -0.4 is 0 Å². The number of aryl methyl sites for hydroxylation is 1. The molecule has 0 fully saturated rings. The molecule has 4 aromatic rings. The number of aromatic nitrogens is 3. The second-order valence-corrected chi connectivity index (χ2v) is 6.25. The van der Waals surface area contributed by atoms with Crippen LogP contribution in [0.15, 0.2) is 60.1 Å². The van der Waals surface area contributed by atoms with Crippen LogP contribution in [0.25, 0.3) is 16.2 Å². The van der Waals surface area contributed by atoms with Crippen LogP contribution in [0.1, 0.15) is 17.0 Å². The van der Waals surface area contributed by atoms with Gasteiger partial charge in [-0.2, -0.15) is 0 Å². The summed E-state index contributed by atoms with van der Waals surface area (Å²) in [5, 5.41) is 3.24. The molecule has 0 aliphatic carbocycles. The predicted octanol–water partition coefficient (Wildman–Crippen LogP) is 4.38. The molecule has 3 heterocycles. The summed E-state index contributed by atoms with van der Waals surface area (Å²) in [4.78, 5) is 9.32. The minimum absolute atomic E-state index is 0.802. The number of fused-ring (bicyclic) bond motifs is 1. The van der Waals surface area contributed by atoms with Gasteiger partial charge in [-0.3, -0.25) is 4.57 Å². The minimum Gasteiger partial charge on any atom is -0.271 e. The molecule has 0 bridgehead atoms. The zero-order valence-electron chi connectivity index (χ0n) is 12.2. The van der Waals surface area contributed by atoms with Gasteiger partial charge in [0.15, 0.2) is 5.65 Å². The smallest absolute Gasteiger partial charge is 0.165 e. The predicted molar refractivity (Wildman–Crippen MR) is 90.7 cm³/mol. The van der Waals surface area contributed by atoms with Gasteiger partial charge in [-0.1, -0.05) is 29.8 Å². The molecule has 0 N–H and O–H groups in total. The molecule has 4 rings (SSSR count). The van der Waals surface area contributed by atoms with Crippen LogP contribution >= 0.6 is 11.3 Å². The normalized spacial score (nSPS) is 11.1. The topological polar surface area (TPSA) is 30.7 Å². The first kappa shape index (κ1) is 13.2. The van der Waals surface area contributed by atoms with E-state index in [1.807, 2.05) is 18.3 Å². The Morgan fingerprint density at radius 3 is 2.86 bits per heavy atom. The van der Waals surface area contributed by atoms with Gasteiger partial charge in [0.25, 0.3) is 0 Å². The molecule has 4 heteroatoms. The molecule has 0 aliphatic heterocycles. The molecule has 0 spiro atoms. The lowest BCUT2D eigenvalue weighted by Crippen LogP contribution is -2.01. The van der Waals surface area contributed by atoms with Gasteiger partial charge in [0.1, 0.15) is 16.3 Å². The van der Waals surface area contributed by atoms with Crippen LogP contribution in [0.4, 0.5) is 0 Å². The zero-order valence-corrected chi connectivity index (χ0v) is 13.0. The quantitative estimate of drug-likeness (QED) is 0.562. The van der Waals surface area contributed by atoms with E-state index in [0.29, 0.717) is 0 Å². The van der Waals surface area contributed by atoms with E-state index in [1.54, 1.807) is 11.3 Å². The van der Waals surface area contributed by atoms with Crippen molar-refractivity contribution >= 4 is 22.5 Å². The number of imidazole rings is 1. The summed E-state index contributed by atoms with van der Waals surface area (Å²) in [5.74, 6) is 1.03. The summed E-state index contributed by atoms with van der Waals surface area (Å²) in [6.07, 6.45) is 2.63. The van der Waals surface area contributed by atoms with Gasteiger partial charge in [-0.15, -0.1) is 11.3 Å². The van der Waals surface area contributed by atoms with E-state index in [1.165, 1.54) is 11.1 Å². The zero-order chi connectivity index (χ0) is 14.9. The maximum Gasteiger partial charge on any atom is 0.165 e. The fourth-order valence-corrected chi connectivity index (χ4v) is 3.46. The van der Waals surface area contributed by atoms with Crippen molar-refractivity contribution in [1.29, 1.82) is 0 Å². The highest BCUT2D eigenvalue weighted by Crippen LogP contribution is 2.24. The summed E-state index contributed by atoms with van der Waals surface area (Å²) < 4.78 is 2.17. The Morgan fingerprint density at radius 2 is 2.05 bits per heavy atom. The van der Waals surface area contributed by atoms with Gasteiger partial charge in [0.2, 0.25) is 0 Å². The highest BCUT2D eigenvalue weighted by atomic mass is 32.1. The van der Waals surface area contributed by atoms with Crippen molar-refractivity contribution in [3.63, 3.8) is 0 Å². The van der Waals surface area contributed by atoms with Crippen LogP contribution in [0.3, 0.4) is 0 Å². The molecule has 0 aliphatic rings. The Morgan fingerprint density at radius 1 is 1.09 bits per heavy atom. The number of nitrogens with zero attached hydrogens (tertiary/aromatic N) is 3. The summed E-state index contributed by atoms with van der Waals surface area (Å²) in [6, 6.07) is 16.7. The molecule has 3 aromatic heterocycles. The SMILES string of the molecule is Cc1cccc(Cc2nc3cccnc3n2-c2cccs2)c1. The second-order valence-electron chi connectivity index (χ2n) is 5.33. The number of thiophene rings is 1. The lowest BCUT2D eigenvalue weighted by molar-refractivity contribution is 0.936. The Bertz CT molecular complexity index is 923. The average molecular weight is 305 g/mol. The molecule has 0 saturated heterocycles. The maximum absolute atomic E-state index is 4.80. The van der Waals surface area contributed by atoms with E-state index in [9.17, 15) is 0 Å². The van der Waals surface area contributed by atoms with Crippen molar-refractivity contribution < 1.29 is 0 Å². The molecule has 0 saturated carbocycles. The minimum atomic E-state index is 0.802. The van der Waals surface area contributed by atoms with Gasteiger partial charge in [0, 0.05) is 12.6 Å². The fraction of sp³-hybridized carbons (Fsp3) is 0.111. The van der Waals surface area contributed by atoms with E-state index in [0.717, 1.165) is 28.4 Å². The van der Waals surface area contributed by atoms with Crippen molar-refractivity contribution in [3.05, 3.63) is 77.1 Å². The maximum atomic E-state index is 4.80. The van der Waals surface area contributed by atoms with E-state index < -0.39 is 0 Å². The van der Waals surface area contributed by atoms with E-state index in [4.69, 9.17) is 4.98 Å². The molecular weight excluding hydrogens is 290 g/mol. The third kappa shape index (κ3) is 2.31. The first-order chi connectivity index (χ1) is 10.8. The molecule has 0 unspecified atom stereocenters. The number of rotatable bonds is 3. The van der Waals surface area contributed by atoms with Crippen LogP contribution in [0.5, 0.6) is 0 Å². The monoisotopic (exact) mass is 305 g/mol.